The molecule has 0 aromatic heterocycles. The predicted octanol–water partition coefficient (Wildman–Crippen LogP) is 7.97. The summed E-state index contributed by atoms with van der Waals surface area (Å²) in [5.74, 6) is 0. The molecule has 0 unspecified atom stereocenters. The van der Waals surface area contributed by atoms with Crippen LogP contribution in [0.3, 0.4) is 0 Å². The quantitative estimate of drug-likeness (QED) is 0.263. The minimum absolute atomic E-state index is 1.26. The lowest BCUT2D eigenvalue weighted by molar-refractivity contribution is 1.68. The summed E-state index contributed by atoms with van der Waals surface area (Å²) in [4.78, 5) is 0. The largest absolute Gasteiger partial charge is 0.0616 e. The summed E-state index contributed by atoms with van der Waals surface area (Å²) >= 11 is 0. The second kappa shape index (κ2) is 5.94. The van der Waals surface area contributed by atoms with Gasteiger partial charge >= 0.3 is 0 Å². The van der Waals surface area contributed by atoms with Crippen LogP contribution in [0.1, 0.15) is 0 Å². The van der Waals surface area contributed by atoms with Crippen LogP contribution in [0.5, 0.6) is 0 Å². The molecule has 0 aliphatic heterocycles. The van der Waals surface area contributed by atoms with Gasteiger partial charge in [0, 0.05) is 0 Å². The van der Waals surface area contributed by atoms with Gasteiger partial charge in [0.25, 0.3) is 0 Å². The fraction of sp³-hybridized carbons (Fsp3) is 0. The minimum atomic E-state index is 1.26. The first kappa shape index (κ1) is 15.4. The molecule has 0 heteroatoms. The maximum atomic E-state index is 2.32. The van der Waals surface area contributed by atoms with Gasteiger partial charge in [-0.05, 0) is 66.3 Å². The molecule has 6 aromatic rings. The molecular weight excluding hydrogens is 336 g/mol. The van der Waals surface area contributed by atoms with Crippen LogP contribution in [0, 0.1) is 0 Å². The van der Waals surface area contributed by atoms with Gasteiger partial charge in [-0.15, -0.1) is 0 Å². The van der Waals surface area contributed by atoms with Crippen molar-refractivity contribution in [2.24, 2.45) is 0 Å². The van der Waals surface area contributed by atoms with Crippen molar-refractivity contribution < 1.29 is 0 Å². The van der Waals surface area contributed by atoms with E-state index in [4.69, 9.17) is 0 Å². The monoisotopic (exact) mass is 354 g/mol. The maximum Gasteiger partial charge on any atom is -0.00268 e. The number of fused-ring (bicyclic) bond motifs is 6. The molecule has 0 amide bonds. The van der Waals surface area contributed by atoms with Crippen LogP contribution < -0.4 is 0 Å². The molecule has 0 aliphatic rings. The normalized spacial score (nSPS) is 11.6. The van der Waals surface area contributed by atoms with Gasteiger partial charge in [-0.25, -0.2) is 0 Å². The van der Waals surface area contributed by atoms with Gasteiger partial charge < -0.3 is 0 Å². The summed E-state index contributed by atoms with van der Waals surface area (Å²) in [6.07, 6.45) is 0. The summed E-state index contributed by atoms with van der Waals surface area (Å²) in [7, 11) is 0. The van der Waals surface area contributed by atoms with Gasteiger partial charge in [0.15, 0.2) is 0 Å². The molecule has 28 heavy (non-hydrogen) atoms. The van der Waals surface area contributed by atoms with E-state index in [0.29, 0.717) is 0 Å². The van der Waals surface area contributed by atoms with Crippen LogP contribution in [0.25, 0.3) is 54.2 Å². The van der Waals surface area contributed by atoms with Crippen LogP contribution >= 0.6 is 0 Å². The van der Waals surface area contributed by atoms with E-state index in [1.807, 2.05) is 0 Å². The number of hydrogen-bond donors (Lipinski definition) is 0. The highest BCUT2D eigenvalue weighted by molar-refractivity contribution is 6.20. The second-order valence-electron chi connectivity index (χ2n) is 7.45. The maximum absolute atomic E-state index is 2.32. The van der Waals surface area contributed by atoms with Crippen LogP contribution in [-0.4, -0.2) is 0 Å². The number of rotatable bonds is 1. The molecule has 0 heterocycles. The van der Waals surface area contributed by atoms with Crippen molar-refractivity contribution in [3.05, 3.63) is 109 Å². The number of benzene rings is 6. The first-order chi connectivity index (χ1) is 13.9. The molecule has 0 saturated heterocycles. The molecule has 6 rings (SSSR count). The Morgan fingerprint density at radius 2 is 0.857 bits per heavy atom. The molecule has 130 valence electrons. The molecule has 0 bridgehead atoms. The van der Waals surface area contributed by atoms with Crippen LogP contribution in [-0.2, 0) is 0 Å². The van der Waals surface area contributed by atoms with Crippen LogP contribution in [0.4, 0.5) is 0 Å². The average molecular weight is 354 g/mol. The molecular formula is C28H18. The Kier molecular flexibility index (Phi) is 3.27. The summed E-state index contributed by atoms with van der Waals surface area (Å²) in [5.41, 5.74) is 2.52. The third kappa shape index (κ3) is 2.32. The zero-order chi connectivity index (χ0) is 18.5. The highest BCUT2D eigenvalue weighted by Crippen LogP contribution is 2.34. The van der Waals surface area contributed by atoms with E-state index in [0.717, 1.165) is 0 Å². The molecule has 6 aromatic carbocycles. The Hall–Kier alpha value is -3.64. The fourth-order valence-electron chi connectivity index (χ4n) is 4.38. The van der Waals surface area contributed by atoms with E-state index < -0.39 is 0 Å². The first-order valence-electron chi connectivity index (χ1n) is 9.70. The highest BCUT2D eigenvalue weighted by atomic mass is 14.1. The van der Waals surface area contributed by atoms with Crippen molar-refractivity contribution in [3.8, 4) is 11.1 Å². The van der Waals surface area contributed by atoms with E-state index >= 15 is 0 Å². The molecule has 0 N–H and O–H groups in total. The second-order valence-corrected chi connectivity index (χ2v) is 7.45. The lowest BCUT2D eigenvalue weighted by Gasteiger charge is -2.10. The summed E-state index contributed by atoms with van der Waals surface area (Å²) < 4.78 is 0. The van der Waals surface area contributed by atoms with Gasteiger partial charge in [0.05, 0.1) is 0 Å². The first-order valence-corrected chi connectivity index (χ1v) is 9.70. The van der Waals surface area contributed by atoms with Crippen molar-refractivity contribution in [3.63, 3.8) is 0 Å². The van der Waals surface area contributed by atoms with Crippen LogP contribution in [0.15, 0.2) is 109 Å². The molecule has 0 atom stereocenters. The summed E-state index contributed by atoms with van der Waals surface area (Å²) in [6, 6.07) is 39.7. The van der Waals surface area contributed by atoms with Crippen LogP contribution in [0.2, 0.25) is 0 Å². The highest BCUT2D eigenvalue weighted by Gasteiger charge is 2.07. The topological polar surface area (TPSA) is 0 Å². The fourth-order valence-corrected chi connectivity index (χ4v) is 4.38. The third-order valence-electron chi connectivity index (χ3n) is 5.81. The molecule has 0 radical (unpaired) electrons. The number of hydrogen-bond acceptors (Lipinski definition) is 0. The zero-order valence-corrected chi connectivity index (χ0v) is 15.4. The lowest BCUT2D eigenvalue weighted by Crippen LogP contribution is -1.83. The zero-order valence-electron chi connectivity index (χ0n) is 15.4. The van der Waals surface area contributed by atoms with Crippen molar-refractivity contribution in [1.82, 2.24) is 0 Å². The Morgan fingerprint density at radius 3 is 1.71 bits per heavy atom. The van der Waals surface area contributed by atoms with E-state index in [1.54, 1.807) is 0 Å². The van der Waals surface area contributed by atoms with E-state index in [1.165, 1.54) is 54.2 Å². The van der Waals surface area contributed by atoms with Crippen molar-refractivity contribution in [1.29, 1.82) is 0 Å². The van der Waals surface area contributed by atoms with Gasteiger partial charge in [0.2, 0.25) is 0 Å². The average Bonchev–Trinajstić information content (AvgIpc) is 2.78. The Morgan fingerprint density at radius 1 is 0.321 bits per heavy atom. The molecule has 0 fully saturated rings. The molecule has 0 spiro atoms. The van der Waals surface area contributed by atoms with E-state index in [2.05, 4.69) is 109 Å². The van der Waals surface area contributed by atoms with Gasteiger partial charge in [-0.1, -0.05) is 97.1 Å². The van der Waals surface area contributed by atoms with Crippen molar-refractivity contribution in [2.45, 2.75) is 0 Å². The SMILES string of the molecule is c1ccc2cc(-c3ccc4c(ccc5ccc6ccccc6c54)c3)ccc2c1. The Balaban J connectivity index is 1.62. The Bertz CT molecular complexity index is 1510. The smallest absolute Gasteiger partial charge is 0.00268 e. The summed E-state index contributed by atoms with van der Waals surface area (Å²) in [5, 5.41) is 10.4. The van der Waals surface area contributed by atoms with Crippen molar-refractivity contribution >= 4 is 43.1 Å². The van der Waals surface area contributed by atoms with E-state index in [9.17, 15) is 0 Å². The summed E-state index contributed by atoms with van der Waals surface area (Å²) in [6.45, 7) is 0. The third-order valence-corrected chi connectivity index (χ3v) is 5.81. The standard InChI is InChI=1S/C28H18/c1-2-7-22-17-23(13-9-19(22)5-1)24-15-16-27-25(18-24)14-12-21-11-10-20-6-3-4-8-26(20)28(21)27/h1-18H. The van der Waals surface area contributed by atoms with Gasteiger partial charge in [0.1, 0.15) is 0 Å². The van der Waals surface area contributed by atoms with Gasteiger partial charge in [-0.2, -0.15) is 0 Å². The lowest BCUT2D eigenvalue weighted by atomic mass is 9.94. The molecule has 0 saturated carbocycles. The predicted molar refractivity (Wildman–Crippen MR) is 122 cm³/mol. The van der Waals surface area contributed by atoms with Gasteiger partial charge in [-0.3, -0.25) is 0 Å². The molecule has 0 nitrogen and oxygen atoms in total. The van der Waals surface area contributed by atoms with Crippen molar-refractivity contribution in [2.75, 3.05) is 0 Å². The minimum Gasteiger partial charge on any atom is -0.0616 e. The van der Waals surface area contributed by atoms with E-state index in [-0.39, 0.29) is 0 Å². The molecule has 0 aliphatic carbocycles. The Labute approximate surface area is 163 Å².